The van der Waals surface area contributed by atoms with E-state index in [0.717, 1.165) is 0 Å². The van der Waals surface area contributed by atoms with Gasteiger partial charge in [-0.2, -0.15) is 0 Å². The first-order valence-electron chi connectivity index (χ1n) is 7.08. The summed E-state index contributed by atoms with van der Waals surface area (Å²) in [6, 6.07) is 10.3. The molecule has 1 aromatic carbocycles. The second kappa shape index (κ2) is 8.72. The monoisotopic (exact) mass is 278 g/mol. The fourth-order valence-corrected chi connectivity index (χ4v) is 2.36. The van der Waals surface area contributed by atoms with E-state index in [9.17, 15) is 4.79 Å². The van der Waals surface area contributed by atoms with Crippen LogP contribution in [0.2, 0.25) is 0 Å². The number of rotatable bonds is 8. The molecule has 112 valence electrons. The molecule has 0 aliphatic heterocycles. The van der Waals surface area contributed by atoms with Crippen molar-refractivity contribution in [2.24, 2.45) is 5.92 Å². The van der Waals surface area contributed by atoms with Crippen molar-refractivity contribution >= 4 is 5.91 Å². The maximum atomic E-state index is 12.2. The van der Waals surface area contributed by atoms with Gasteiger partial charge in [0.05, 0.1) is 19.2 Å². The Kier molecular flexibility index (Phi) is 7.26. The molecule has 1 rings (SSSR count). The molecule has 0 fully saturated rings. The molecule has 1 aromatic rings. The van der Waals surface area contributed by atoms with Crippen molar-refractivity contribution in [2.75, 3.05) is 33.9 Å². The molecule has 20 heavy (non-hydrogen) atoms. The van der Waals surface area contributed by atoms with E-state index < -0.39 is 0 Å². The molecule has 0 bridgehead atoms. The Balaban J connectivity index is 2.65. The molecule has 1 N–H and O–H groups in total. The molecular weight excluding hydrogens is 252 g/mol. The van der Waals surface area contributed by atoms with Crippen LogP contribution in [-0.4, -0.2) is 44.7 Å². The Bertz CT molecular complexity index is 393. The van der Waals surface area contributed by atoms with Crippen molar-refractivity contribution in [3.8, 4) is 0 Å². The van der Waals surface area contributed by atoms with E-state index >= 15 is 0 Å². The molecule has 1 amide bonds. The lowest BCUT2D eigenvalue weighted by molar-refractivity contribution is -0.132. The predicted molar refractivity (Wildman–Crippen MR) is 81.5 cm³/mol. The molecule has 0 aromatic heterocycles. The van der Waals surface area contributed by atoms with Crippen LogP contribution in [0.4, 0.5) is 0 Å². The van der Waals surface area contributed by atoms with Gasteiger partial charge < -0.3 is 15.0 Å². The van der Waals surface area contributed by atoms with Crippen LogP contribution in [0.1, 0.15) is 25.5 Å². The van der Waals surface area contributed by atoms with Gasteiger partial charge >= 0.3 is 0 Å². The molecular formula is C16H26N2O2. The number of likely N-dealkylation sites (N-methyl/N-ethyl adjacent to an activating group) is 1. The largest absolute Gasteiger partial charge is 0.383 e. The van der Waals surface area contributed by atoms with Gasteiger partial charge in [-0.05, 0) is 11.5 Å². The number of hydrogen-bond donors (Lipinski definition) is 1. The molecule has 0 heterocycles. The average Bonchev–Trinajstić information content (AvgIpc) is 2.44. The highest BCUT2D eigenvalue weighted by molar-refractivity contribution is 5.78. The lowest BCUT2D eigenvalue weighted by Gasteiger charge is -2.32. The van der Waals surface area contributed by atoms with Gasteiger partial charge in [-0.15, -0.1) is 0 Å². The molecule has 0 spiro atoms. The first kappa shape index (κ1) is 16.7. The summed E-state index contributed by atoms with van der Waals surface area (Å²) in [5.74, 6) is 0.467. The number of ether oxygens (including phenoxy) is 1. The fraction of sp³-hybridized carbons (Fsp3) is 0.562. The van der Waals surface area contributed by atoms with Crippen LogP contribution >= 0.6 is 0 Å². The number of carbonyl (C=O) groups excluding carboxylic acids is 1. The SMILES string of the molecule is COCCNCC(=O)N(C)C(c1ccccc1)C(C)C. The van der Waals surface area contributed by atoms with Crippen molar-refractivity contribution in [3.05, 3.63) is 35.9 Å². The van der Waals surface area contributed by atoms with Crippen LogP contribution in [0.5, 0.6) is 0 Å². The van der Waals surface area contributed by atoms with E-state index in [4.69, 9.17) is 4.74 Å². The summed E-state index contributed by atoms with van der Waals surface area (Å²) in [7, 11) is 3.53. The first-order valence-corrected chi connectivity index (χ1v) is 7.08. The van der Waals surface area contributed by atoms with Crippen molar-refractivity contribution in [3.63, 3.8) is 0 Å². The highest BCUT2D eigenvalue weighted by Gasteiger charge is 2.24. The van der Waals surface area contributed by atoms with E-state index in [-0.39, 0.29) is 11.9 Å². The van der Waals surface area contributed by atoms with Gasteiger partial charge in [0.1, 0.15) is 0 Å². The van der Waals surface area contributed by atoms with Crippen LogP contribution < -0.4 is 5.32 Å². The number of nitrogens with one attached hydrogen (secondary N) is 1. The maximum absolute atomic E-state index is 12.2. The molecule has 0 radical (unpaired) electrons. The summed E-state index contributed by atoms with van der Waals surface area (Å²) in [4.78, 5) is 14.1. The normalized spacial score (nSPS) is 12.4. The minimum absolute atomic E-state index is 0.101. The lowest BCUT2D eigenvalue weighted by atomic mass is 9.94. The number of carbonyl (C=O) groups is 1. The standard InChI is InChI=1S/C16H26N2O2/c1-13(2)16(14-8-6-5-7-9-14)18(3)15(19)12-17-10-11-20-4/h5-9,13,16-17H,10-12H2,1-4H3. The van der Waals surface area contributed by atoms with Crippen LogP contribution in [0.25, 0.3) is 0 Å². The molecule has 1 atom stereocenters. The lowest BCUT2D eigenvalue weighted by Crippen LogP contribution is -2.40. The molecule has 0 saturated heterocycles. The van der Waals surface area contributed by atoms with Crippen LogP contribution in [-0.2, 0) is 9.53 Å². The van der Waals surface area contributed by atoms with Gasteiger partial charge in [0.15, 0.2) is 0 Å². The summed E-state index contributed by atoms with van der Waals surface area (Å²) in [6.07, 6.45) is 0. The van der Waals surface area contributed by atoms with Crippen molar-refractivity contribution < 1.29 is 9.53 Å². The minimum Gasteiger partial charge on any atom is -0.383 e. The molecule has 1 unspecified atom stereocenters. The molecule has 0 aliphatic rings. The quantitative estimate of drug-likeness (QED) is 0.740. The molecule has 0 aliphatic carbocycles. The number of methoxy groups -OCH3 is 1. The van der Waals surface area contributed by atoms with Gasteiger partial charge in [-0.3, -0.25) is 4.79 Å². The number of benzene rings is 1. The van der Waals surface area contributed by atoms with Gasteiger partial charge in [0, 0.05) is 20.7 Å². The predicted octanol–water partition coefficient (Wildman–Crippen LogP) is 2.08. The molecule has 0 saturated carbocycles. The highest BCUT2D eigenvalue weighted by Crippen LogP contribution is 2.27. The topological polar surface area (TPSA) is 41.6 Å². The van der Waals surface area contributed by atoms with Gasteiger partial charge in [0.25, 0.3) is 0 Å². The second-order valence-electron chi connectivity index (χ2n) is 5.27. The summed E-state index contributed by atoms with van der Waals surface area (Å²) in [5.41, 5.74) is 1.18. The van der Waals surface area contributed by atoms with E-state index in [2.05, 4.69) is 31.3 Å². The van der Waals surface area contributed by atoms with E-state index in [1.165, 1.54) is 5.56 Å². The van der Waals surface area contributed by atoms with Crippen LogP contribution in [0.3, 0.4) is 0 Å². The molecule has 4 nitrogen and oxygen atoms in total. The Hall–Kier alpha value is -1.39. The summed E-state index contributed by atoms with van der Waals surface area (Å²) >= 11 is 0. The highest BCUT2D eigenvalue weighted by atomic mass is 16.5. The molecule has 4 heteroatoms. The Labute approximate surface area is 122 Å². The first-order chi connectivity index (χ1) is 9.57. The summed E-state index contributed by atoms with van der Waals surface area (Å²) < 4.78 is 4.95. The van der Waals surface area contributed by atoms with E-state index in [0.29, 0.717) is 25.6 Å². The third kappa shape index (κ3) is 4.94. The smallest absolute Gasteiger partial charge is 0.236 e. The zero-order valence-electron chi connectivity index (χ0n) is 12.9. The Morgan fingerprint density at radius 2 is 1.95 bits per heavy atom. The van der Waals surface area contributed by atoms with Gasteiger partial charge in [-0.25, -0.2) is 0 Å². The number of nitrogens with zero attached hydrogens (tertiary/aromatic N) is 1. The van der Waals surface area contributed by atoms with Crippen molar-refractivity contribution in [1.29, 1.82) is 0 Å². The third-order valence-electron chi connectivity index (χ3n) is 3.34. The van der Waals surface area contributed by atoms with Gasteiger partial charge in [-0.1, -0.05) is 44.2 Å². The van der Waals surface area contributed by atoms with Gasteiger partial charge in [0.2, 0.25) is 5.91 Å². The number of amides is 1. The zero-order valence-corrected chi connectivity index (χ0v) is 12.9. The van der Waals surface area contributed by atoms with Crippen molar-refractivity contribution in [2.45, 2.75) is 19.9 Å². The van der Waals surface area contributed by atoms with Crippen molar-refractivity contribution in [1.82, 2.24) is 10.2 Å². The summed E-state index contributed by atoms with van der Waals surface area (Å²) in [6.45, 7) is 5.92. The fourth-order valence-electron chi connectivity index (χ4n) is 2.36. The Morgan fingerprint density at radius 1 is 1.30 bits per heavy atom. The van der Waals surface area contributed by atoms with E-state index in [1.54, 1.807) is 7.11 Å². The second-order valence-corrected chi connectivity index (χ2v) is 5.27. The average molecular weight is 278 g/mol. The number of hydrogen-bond acceptors (Lipinski definition) is 3. The van der Waals surface area contributed by atoms with Crippen LogP contribution in [0, 0.1) is 5.92 Å². The minimum atomic E-state index is 0.101. The zero-order chi connectivity index (χ0) is 15.0. The van der Waals surface area contributed by atoms with E-state index in [1.807, 2.05) is 30.1 Å². The summed E-state index contributed by atoms with van der Waals surface area (Å²) in [5, 5.41) is 3.10. The van der Waals surface area contributed by atoms with Crippen LogP contribution in [0.15, 0.2) is 30.3 Å². The third-order valence-corrected chi connectivity index (χ3v) is 3.34. The Morgan fingerprint density at radius 3 is 2.50 bits per heavy atom. The maximum Gasteiger partial charge on any atom is 0.236 e.